The van der Waals surface area contributed by atoms with Crippen molar-refractivity contribution < 1.29 is 9.53 Å². The van der Waals surface area contributed by atoms with Gasteiger partial charge in [0, 0.05) is 11.4 Å². The lowest BCUT2D eigenvalue weighted by atomic mass is 10.2. The summed E-state index contributed by atoms with van der Waals surface area (Å²) in [6.45, 7) is 5.09. The van der Waals surface area contributed by atoms with Crippen LogP contribution in [-0.2, 0) is 11.3 Å². The molecule has 180 valence electrons. The molecule has 0 fully saturated rings. The maximum Gasteiger partial charge on any atom is 0.234 e. The second-order valence-electron chi connectivity index (χ2n) is 7.70. The predicted molar refractivity (Wildman–Crippen MR) is 142 cm³/mol. The van der Waals surface area contributed by atoms with E-state index in [1.165, 1.54) is 11.8 Å². The summed E-state index contributed by atoms with van der Waals surface area (Å²) in [4.78, 5) is 12.6. The number of nitrogens with one attached hydrogen (secondary N) is 2. The largest absolute Gasteiger partial charge is 0.494 e. The summed E-state index contributed by atoms with van der Waals surface area (Å²) >= 11 is 7.47. The van der Waals surface area contributed by atoms with Gasteiger partial charge in [-0.25, -0.2) is 0 Å². The molecule has 0 saturated carbocycles. The Morgan fingerprint density at radius 1 is 1.03 bits per heavy atom. The molecule has 0 aliphatic heterocycles. The van der Waals surface area contributed by atoms with E-state index >= 15 is 0 Å². The molecule has 0 unspecified atom stereocenters. The van der Waals surface area contributed by atoms with Crippen molar-refractivity contribution in [2.24, 2.45) is 0 Å². The number of para-hydroxylation sites is 1. The van der Waals surface area contributed by atoms with Crippen molar-refractivity contribution in [3.05, 3.63) is 89.2 Å². The molecule has 0 radical (unpaired) electrons. The van der Waals surface area contributed by atoms with Crippen LogP contribution in [0.1, 0.15) is 18.3 Å². The molecular formula is C26H26ClN5O2S. The Bertz CT molecular complexity index is 1280. The molecule has 0 atom stereocenters. The van der Waals surface area contributed by atoms with Gasteiger partial charge in [-0.15, -0.1) is 10.2 Å². The number of benzene rings is 3. The van der Waals surface area contributed by atoms with E-state index < -0.39 is 0 Å². The first kappa shape index (κ1) is 24.6. The Morgan fingerprint density at radius 2 is 1.77 bits per heavy atom. The standard InChI is InChI=1S/C26H26ClN5O2S/c1-3-34-21-14-10-19(11-15-21)28-16-24-30-31-26(32(24)20-12-8-18(2)9-13-20)35-17-25(33)29-23-7-5-4-6-22(23)27/h4-15,28H,3,16-17H2,1-2H3,(H,29,33). The molecule has 0 spiro atoms. The Balaban J connectivity index is 1.49. The Kier molecular flexibility index (Phi) is 8.28. The summed E-state index contributed by atoms with van der Waals surface area (Å²) in [6.07, 6.45) is 0. The number of anilines is 2. The SMILES string of the molecule is CCOc1ccc(NCc2nnc(SCC(=O)Nc3ccccc3Cl)n2-c2ccc(C)cc2)cc1. The van der Waals surface area contributed by atoms with Gasteiger partial charge in [-0.05, 0) is 62.4 Å². The van der Waals surface area contributed by atoms with Crippen molar-refractivity contribution in [3.63, 3.8) is 0 Å². The van der Waals surface area contributed by atoms with Crippen LogP contribution in [0.5, 0.6) is 5.75 Å². The highest BCUT2D eigenvalue weighted by molar-refractivity contribution is 7.99. The van der Waals surface area contributed by atoms with E-state index in [2.05, 4.69) is 20.8 Å². The zero-order chi connectivity index (χ0) is 24.6. The normalized spacial score (nSPS) is 10.7. The minimum absolute atomic E-state index is 0.168. The van der Waals surface area contributed by atoms with Gasteiger partial charge in [0.2, 0.25) is 5.91 Å². The lowest BCUT2D eigenvalue weighted by molar-refractivity contribution is -0.113. The molecule has 4 aromatic rings. The van der Waals surface area contributed by atoms with Crippen molar-refractivity contribution in [2.45, 2.75) is 25.5 Å². The Hall–Kier alpha value is -3.49. The number of aryl methyl sites for hydroxylation is 1. The first-order valence-electron chi connectivity index (χ1n) is 11.2. The number of rotatable bonds is 10. The lowest BCUT2D eigenvalue weighted by Crippen LogP contribution is -2.15. The van der Waals surface area contributed by atoms with Crippen molar-refractivity contribution in [2.75, 3.05) is 23.0 Å². The van der Waals surface area contributed by atoms with E-state index in [0.717, 1.165) is 28.5 Å². The zero-order valence-electron chi connectivity index (χ0n) is 19.5. The van der Waals surface area contributed by atoms with Crippen LogP contribution in [0.4, 0.5) is 11.4 Å². The topological polar surface area (TPSA) is 81.1 Å². The fraction of sp³-hybridized carbons (Fsp3) is 0.192. The molecule has 1 aromatic heterocycles. The van der Waals surface area contributed by atoms with E-state index in [9.17, 15) is 4.79 Å². The van der Waals surface area contributed by atoms with Crippen molar-refractivity contribution in [1.82, 2.24) is 14.8 Å². The van der Waals surface area contributed by atoms with Crippen LogP contribution in [0.15, 0.2) is 78.0 Å². The molecule has 0 aliphatic rings. The van der Waals surface area contributed by atoms with Gasteiger partial charge in [-0.1, -0.05) is 53.2 Å². The molecule has 2 N–H and O–H groups in total. The van der Waals surface area contributed by atoms with E-state index in [1.54, 1.807) is 12.1 Å². The summed E-state index contributed by atoms with van der Waals surface area (Å²) in [7, 11) is 0. The minimum Gasteiger partial charge on any atom is -0.494 e. The van der Waals surface area contributed by atoms with Gasteiger partial charge in [0.1, 0.15) is 5.75 Å². The van der Waals surface area contributed by atoms with Crippen LogP contribution in [-0.4, -0.2) is 33.0 Å². The quantitative estimate of drug-likeness (QED) is 0.257. The highest BCUT2D eigenvalue weighted by atomic mass is 35.5. The molecular weight excluding hydrogens is 482 g/mol. The lowest BCUT2D eigenvalue weighted by Gasteiger charge is -2.12. The van der Waals surface area contributed by atoms with Gasteiger partial charge in [0.15, 0.2) is 11.0 Å². The van der Waals surface area contributed by atoms with E-state index in [0.29, 0.717) is 29.0 Å². The average Bonchev–Trinajstić information content (AvgIpc) is 3.27. The highest BCUT2D eigenvalue weighted by Gasteiger charge is 2.16. The Labute approximate surface area is 213 Å². The zero-order valence-corrected chi connectivity index (χ0v) is 21.1. The number of hydrogen-bond donors (Lipinski definition) is 2. The van der Waals surface area contributed by atoms with Crippen molar-refractivity contribution in [3.8, 4) is 11.4 Å². The van der Waals surface area contributed by atoms with E-state index in [-0.39, 0.29) is 11.7 Å². The molecule has 0 saturated heterocycles. The number of amides is 1. The third-order valence-corrected chi connectivity index (χ3v) is 6.35. The van der Waals surface area contributed by atoms with E-state index in [4.69, 9.17) is 16.3 Å². The fourth-order valence-electron chi connectivity index (χ4n) is 3.36. The molecule has 0 bridgehead atoms. The molecule has 3 aromatic carbocycles. The summed E-state index contributed by atoms with van der Waals surface area (Å²) in [5.41, 5.74) is 3.61. The number of nitrogens with zero attached hydrogens (tertiary/aromatic N) is 3. The summed E-state index contributed by atoms with van der Waals surface area (Å²) in [6, 6.07) is 23.1. The molecule has 1 heterocycles. The van der Waals surface area contributed by atoms with Gasteiger partial charge >= 0.3 is 0 Å². The third kappa shape index (κ3) is 6.55. The monoisotopic (exact) mass is 507 g/mol. The van der Waals surface area contributed by atoms with Crippen molar-refractivity contribution >= 4 is 40.6 Å². The fourth-order valence-corrected chi connectivity index (χ4v) is 4.31. The average molecular weight is 508 g/mol. The molecule has 0 aliphatic carbocycles. The second kappa shape index (κ2) is 11.8. The summed E-state index contributed by atoms with van der Waals surface area (Å²) < 4.78 is 7.47. The first-order chi connectivity index (χ1) is 17.0. The summed E-state index contributed by atoms with van der Waals surface area (Å²) in [5.74, 6) is 1.56. The maximum atomic E-state index is 12.6. The van der Waals surface area contributed by atoms with Crippen LogP contribution in [0, 0.1) is 6.92 Å². The van der Waals surface area contributed by atoms with Gasteiger partial charge in [-0.2, -0.15) is 0 Å². The number of carbonyl (C=O) groups is 1. The minimum atomic E-state index is -0.171. The van der Waals surface area contributed by atoms with Crippen molar-refractivity contribution in [1.29, 1.82) is 0 Å². The van der Waals surface area contributed by atoms with E-state index in [1.807, 2.05) is 79.1 Å². The highest BCUT2D eigenvalue weighted by Crippen LogP contribution is 2.25. The van der Waals surface area contributed by atoms with Gasteiger partial charge in [0.25, 0.3) is 0 Å². The van der Waals surface area contributed by atoms with Gasteiger partial charge in [0.05, 0.1) is 29.6 Å². The van der Waals surface area contributed by atoms with Crippen LogP contribution in [0.2, 0.25) is 5.02 Å². The number of ether oxygens (including phenoxy) is 1. The maximum absolute atomic E-state index is 12.6. The van der Waals surface area contributed by atoms with Gasteiger partial charge < -0.3 is 15.4 Å². The van der Waals surface area contributed by atoms with Crippen LogP contribution in [0.25, 0.3) is 5.69 Å². The molecule has 4 rings (SSSR count). The smallest absolute Gasteiger partial charge is 0.234 e. The number of hydrogen-bond acceptors (Lipinski definition) is 6. The van der Waals surface area contributed by atoms with Gasteiger partial charge in [-0.3, -0.25) is 9.36 Å². The van der Waals surface area contributed by atoms with Crippen LogP contribution in [0.3, 0.4) is 0 Å². The summed E-state index contributed by atoms with van der Waals surface area (Å²) in [5, 5.41) is 16.1. The number of carbonyl (C=O) groups excluding carboxylic acids is 1. The second-order valence-corrected chi connectivity index (χ2v) is 9.05. The number of halogens is 1. The third-order valence-electron chi connectivity index (χ3n) is 5.09. The van der Waals surface area contributed by atoms with Crippen LogP contribution < -0.4 is 15.4 Å². The molecule has 35 heavy (non-hydrogen) atoms. The first-order valence-corrected chi connectivity index (χ1v) is 12.5. The Morgan fingerprint density at radius 3 is 2.49 bits per heavy atom. The predicted octanol–water partition coefficient (Wildman–Crippen LogP) is 5.97. The molecule has 9 heteroatoms. The number of thioether (sulfide) groups is 1. The van der Waals surface area contributed by atoms with Crippen LogP contribution >= 0.6 is 23.4 Å². The number of aromatic nitrogens is 3. The molecule has 1 amide bonds. The molecule has 7 nitrogen and oxygen atoms in total.